The number of anilines is 2. The lowest BCUT2D eigenvalue weighted by Crippen LogP contribution is -1.96. The van der Waals surface area contributed by atoms with Crippen LogP contribution < -0.4 is 10.1 Å². The van der Waals surface area contributed by atoms with E-state index in [0.29, 0.717) is 0 Å². The van der Waals surface area contributed by atoms with Crippen molar-refractivity contribution in [3.05, 3.63) is 90.6 Å². The van der Waals surface area contributed by atoms with Gasteiger partial charge in [-0.05, 0) is 42.8 Å². The molecule has 0 saturated carbocycles. The zero-order chi connectivity index (χ0) is 17.1. The van der Waals surface area contributed by atoms with Crippen LogP contribution in [0.2, 0.25) is 0 Å². The quantitative estimate of drug-likeness (QED) is 0.493. The number of ether oxygens (including phenoxy) is 1. The van der Waals surface area contributed by atoms with Crippen LogP contribution in [0.4, 0.5) is 11.4 Å². The van der Waals surface area contributed by atoms with E-state index in [4.69, 9.17) is 4.74 Å². The maximum Gasteiger partial charge on any atom is 0.129 e. The van der Waals surface area contributed by atoms with Crippen molar-refractivity contribution >= 4 is 22.3 Å². The van der Waals surface area contributed by atoms with Crippen molar-refractivity contribution in [3.8, 4) is 11.5 Å². The van der Waals surface area contributed by atoms with Crippen molar-refractivity contribution in [3.63, 3.8) is 0 Å². The van der Waals surface area contributed by atoms with Crippen LogP contribution in [0, 0.1) is 6.92 Å². The Kier molecular flexibility index (Phi) is 4.05. The van der Waals surface area contributed by atoms with Crippen molar-refractivity contribution in [1.29, 1.82) is 0 Å². The molecular formula is C22H18N2O. The second kappa shape index (κ2) is 6.65. The van der Waals surface area contributed by atoms with Crippen LogP contribution in [-0.2, 0) is 0 Å². The van der Waals surface area contributed by atoms with Gasteiger partial charge in [-0.15, -0.1) is 0 Å². The number of hydrogen-bond acceptors (Lipinski definition) is 3. The summed E-state index contributed by atoms with van der Waals surface area (Å²) in [6, 6.07) is 26.0. The minimum Gasteiger partial charge on any atom is -0.457 e. The van der Waals surface area contributed by atoms with E-state index in [-0.39, 0.29) is 0 Å². The first-order valence-corrected chi connectivity index (χ1v) is 8.24. The number of para-hydroxylation sites is 2. The van der Waals surface area contributed by atoms with E-state index in [1.54, 1.807) is 0 Å². The molecule has 0 fully saturated rings. The van der Waals surface area contributed by atoms with E-state index >= 15 is 0 Å². The number of pyridine rings is 1. The second-order valence-electron chi connectivity index (χ2n) is 5.90. The molecule has 3 aromatic carbocycles. The third kappa shape index (κ3) is 3.31. The van der Waals surface area contributed by atoms with Crippen LogP contribution in [0.3, 0.4) is 0 Å². The topological polar surface area (TPSA) is 34.1 Å². The van der Waals surface area contributed by atoms with E-state index in [1.165, 1.54) is 0 Å². The van der Waals surface area contributed by atoms with E-state index in [9.17, 15) is 0 Å². The Morgan fingerprint density at radius 3 is 2.48 bits per heavy atom. The summed E-state index contributed by atoms with van der Waals surface area (Å²) in [4.78, 5) is 4.50. The van der Waals surface area contributed by atoms with Crippen LogP contribution in [0.25, 0.3) is 10.9 Å². The first-order chi connectivity index (χ1) is 12.3. The minimum atomic E-state index is 0.799. The van der Waals surface area contributed by atoms with Crippen LogP contribution >= 0.6 is 0 Å². The average Bonchev–Trinajstić information content (AvgIpc) is 2.66. The third-order valence-electron chi connectivity index (χ3n) is 4.09. The predicted molar refractivity (Wildman–Crippen MR) is 103 cm³/mol. The Morgan fingerprint density at radius 1 is 0.760 bits per heavy atom. The highest BCUT2D eigenvalue weighted by molar-refractivity contribution is 5.92. The predicted octanol–water partition coefficient (Wildman–Crippen LogP) is 6.08. The van der Waals surface area contributed by atoms with Gasteiger partial charge >= 0.3 is 0 Å². The summed E-state index contributed by atoms with van der Waals surface area (Å²) >= 11 is 0. The number of fused-ring (bicyclic) bond motifs is 1. The number of benzene rings is 3. The number of nitrogens with one attached hydrogen (secondary N) is 1. The Balaban J connectivity index is 1.67. The SMILES string of the molecule is Cc1ccc(Oc2ccccc2)cc1Nc1cccc2cccnc12. The second-order valence-corrected chi connectivity index (χ2v) is 5.90. The summed E-state index contributed by atoms with van der Waals surface area (Å²) in [7, 11) is 0. The first-order valence-electron chi connectivity index (χ1n) is 8.24. The molecule has 0 saturated heterocycles. The molecule has 0 amide bonds. The smallest absolute Gasteiger partial charge is 0.129 e. The van der Waals surface area contributed by atoms with Crippen LogP contribution in [0.1, 0.15) is 5.56 Å². The molecule has 0 aliphatic carbocycles. The van der Waals surface area contributed by atoms with E-state index < -0.39 is 0 Å². The van der Waals surface area contributed by atoms with Crippen molar-refractivity contribution in [2.45, 2.75) is 6.92 Å². The van der Waals surface area contributed by atoms with Gasteiger partial charge in [0.2, 0.25) is 0 Å². The van der Waals surface area contributed by atoms with Gasteiger partial charge in [0, 0.05) is 23.3 Å². The monoisotopic (exact) mass is 326 g/mol. The maximum absolute atomic E-state index is 5.94. The number of aromatic nitrogens is 1. The van der Waals surface area contributed by atoms with Crippen LogP contribution in [0.5, 0.6) is 11.5 Å². The van der Waals surface area contributed by atoms with E-state index in [2.05, 4.69) is 35.4 Å². The highest BCUT2D eigenvalue weighted by Gasteiger charge is 2.06. The van der Waals surface area contributed by atoms with E-state index in [1.807, 2.05) is 66.9 Å². The van der Waals surface area contributed by atoms with Gasteiger partial charge < -0.3 is 10.1 Å². The average molecular weight is 326 g/mol. The van der Waals surface area contributed by atoms with Crippen LogP contribution in [-0.4, -0.2) is 4.98 Å². The standard InChI is InChI=1S/C22H18N2O/c1-16-12-13-19(25-18-9-3-2-4-10-18)15-21(16)24-20-11-5-7-17-8-6-14-23-22(17)20/h2-15,24H,1H3. The van der Waals surface area contributed by atoms with Crippen molar-refractivity contribution in [2.24, 2.45) is 0 Å². The summed E-state index contributed by atoms with van der Waals surface area (Å²) in [5.74, 6) is 1.62. The fourth-order valence-electron chi connectivity index (χ4n) is 2.77. The third-order valence-corrected chi connectivity index (χ3v) is 4.09. The number of aryl methyl sites for hydroxylation is 1. The Labute approximate surface area is 146 Å². The molecule has 0 aliphatic heterocycles. The molecule has 3 nitrogen and oxygen atoms in total. The van der Waals surface area contributed by atoms with Crippen LogP contribution in [0.15, 0.2) is 85.1 Å². The van der Waals surface area contributed by atoms with Gasteiger partial charge in [-0.1, -0.05) is 42.5 Å². The van der Waals surface area contributed by atoms with Gasteiger partial charge in [-0.25, -0.2) is 0 Å². The Bertz CT molecular complexity index is 1010. The van der Waals surface area contributed by atoms with Gasteiger partial charge in [-0.3, -0.25) is 4.98 Å². The fraction of sp³-hybridized carbons (Fsp3) is 0.0455. The molecule has 4 rings (SSSR count). The highest BCUT2D eigenvalue weighted by atomic mass is 16.5. The maximum atomic E-state index is 5.94. The van der Waals surface area contributed by atoms with E-state index in [0.717, 1.165) is 39.3 Å². The molecule has 3 heteroatoms. The molecule has 25 heavy (non-hydrogen) atoms. The summed E-state index contributed by atoms with van der Waals surface area (Å²) in [5, 5.41) is 4.61. The normalized spacial score (nSPS) is 10.6. The Morgan fingerprint density at radius 2 is 1.60 bits per heavy atom. The molecule has 122 valence electrons. The molecule has 0 unspecified atom stereocenters. The molecule has 4 aromatic rings. The summed E-state index contributed by atoms with van der Waals surface area (Å²) in [5.41, 5.74) is 4.09. The lowest BCUT2D eigenvalue weighted by atomic mass is 10.1. The van der Waals surface area contributed by atoms with Gasteiger partial charge in [0.1, 0.15) is 11.5 Å². The van der Waals surface area contributed by atoms with Gasteiger partial charge in [0.25, 0.3) is 0 Å². The molecule has 0 atom stereocenters. The zero-order valence-corrected chi connectivity index (χ0v) is 13.9. The summed E-state index contributed by atoms with van der Waals surface area (Å²) in [6.45, 7) is 2.08. The molecule has 1 heterocycles. The molecule has 1 aromatic heterocycles. The highest BCUT2D eigenvalue weighted by Crippen LogP contribution is 2.30. The summed E-state index contributed by atoms with van der Waals surface area (Å²) < 4.78 is 5.94. The number of rotatable bonds is 4. The zero-order valence-electron chi connectivity index (χ0n) is 13.9. The number of nitrogens with zero attached hydrogens (tertiary/aromatic N) is 1. The van der Waals surface area contributed by atoms with Gasteiger partial charge in [-0.2, -0.15) is 0 Å². The molecule has 0 radical (unpaired) electrons. The first kappa shape index (κ1) is 15.2. The molecule has 0 bridgehead atoms. The van der Waals surface area contributed by atoms with Gasteiger partial charge in [0.15, 0.2) is 0 Å². The van der Waals surface area contributed by atoms with Crippen molar-refractivity contribution in [1.82, 2.24) is 4.98 Å². The minimum absolute atomic E-state index is 0.799. The Hall–Kier alpha value is -3.33. The number of hydrogen-bond donors (Lipinski definition) is 1. The molecule has 0 aliphatic rings. The summed E-state index contributed by atoms with van der Waals surface area (Å²) in [6.07, 6.45) is 1.81. The van der Waals surface area contributed by atoms with Crippen molar-refractivity contribution < 1.29 is 4.74 Å². The van der Waals surface area contributed by atoms with Gasteiger partial charge in [0.05, 0.1) is 11.2 Å². The van der Waals surface area contributed by atoms with Crippen molar-refractivity contribution in [2.75, 3.05) is 5.32 Å². The molecule has 0 spiro atoms. The molecular weight excluding hydrogens is 308 g/mol. The molecule has 1 N–H and O–H groups in total. The lowest BCUT2D eigenvalue weighted by Gasteiger charge is -2.13. The fourth-order valence-corrected chi connectivity index (χ4v) is 2.77. The largest absolute Gasteiger partial charge is 0.457 e. The lowest BCUT2D eigenvalue weighted by molar-refractivity contribution is 0.483.